The lowest BCUT2D eigenvalue weighted by Gasteiger charge is -2.05. The largest absolute Gasteiger partial charge is 0.508 e. The van der Waals surface area contributed by atoms with E-state index in [2.05, 4.69) is 45.9 Å². The zero-order valence-corrected chi connectivity index (χ0v) is 14.9. The fourth-order valence-corrected chi connectivity index (χ4v) is 2.39. The molecule has 0 saturated carbocycles. The van der Waals surface area contributed by atoms with Crippen LogP contribution in [-0.4, -0.2) is 10.2 Å². The van der Waals surface area contributed by atoms with Crippen molar-refractivity contribution < 1.29 is 10.2 Å². The molecule has 0 aliphatic carbocycles. The molecule has 1 aromatic carbocycles. The van der Waals surface area contributed by atoms with Crippen molar-refractivity contribution in [1.82, 2.24) is 0 Å². The van der Waals surface area contributed by atoms with Crippen molar-refractivity contribution in [3.05, 3.63) is 58.7 Å². The highest BCUT2D eigenvalue weighted by molar-refractivity contribution is 5.44. The second-order valence-corrected chi connectivity index (χ2v) is 6.44. The Morgan fingerprint density at radius 1 is 0.826 bits per heavy atom. The first-order chi connectivity index (χ1) is 10.9. The van der Waals surface area contributed by atoms with Crippen LogP contribution in [0.15, 0.2) is 53.1 Å². The number of hydrogen-bond acceptors (Lipinski definition) is 2. The summed E-state index contributed by atoms with van der Waals surface area (Å²) in [6.45, 7) is 8.56. The van der Waals surface area contributed by atoms with E-state index in [-0.39, 0.29) is 11.5 Å². The van der Waals surface area contributed by atoms with E-state index in [0.717, 1.165) is 25.7 Å². The van der Waals surface area contributed by atoms with Crippen LogP contribution in [-0.2, 0) is 6.42 Å². The molecule has 2 N–H and O–H groups in total. The molecule has 0 radical (unpaired) electrons. The van der Waals surface area contributed by atoms with Gasteiger partial charge in [-0.3, -0.25) is 0 Å². The van der Waals surface area contributed by atoms with E-state index in [1.54, 1.807) is 18.2 Å². The lowest BCUT2D eigenvalue weighted by atomic mass is 10.0. The molecular formula is C21H30O2. The summed E-state index contributed by atoms with van der Waals surface area (Å²) in [5, 5.41) is 19.5. The number of rotatable bonds is 8. The van der Waals surface area contributed by atoms with Gasteiger partial charge in [-0.05, 0) is 71.9 Å². The molecule has 0 aromatic heterocycles. The third kappa shape index (κ3) is 7.73. The van der Waals surface area contributed by atoms with Gasteiger partial charge < -0.3 is 10.2 Å². The number of phenols is 2. The highest BCUT2D eigenvalue weighted by Gasteiger charge is 2.04. The van der Waals surface area contributed by atoms with E-state index in [1.165, 1.54) is 16.7 Å². The fraction of sp³-hybridized carbons (Fsp3) is 0.429. The second-order valence-electron chi connectivity index (χ2n) is 6.44. The molecule has 1 rings (SSSR count). The van der Waals surface area contributed by atoms with Crippen LogP contribution in [0, 0.1) is 0 Å². The lowest BCUT2D eigenvalue weighted by molar-refractivity contribution is 0.441. The maximum atomic E-state index is 9.77. The van der Waals surface area contributed by atoms with Crippen molar-refractivity contribution in [2.24, 2.45) is 0 Å². The maximum absolute atomic E-state index is 9.77. The Hall–Kier alpha value is -1.96. The first-order valence-electron chi connectivity index (χ1n) is 8.34. The van der Waals surface area contributed by atoms with Gasteiger partial charge in [0.05, 0.1) is 0 Å². The normalized spacial score (nSPS) is 12.3. The zero-order valence-electron chi connectivity index (χ0n) is 14.9. The summed E-state index contributed by atoms with van der Waals surface area (Å²) >= 11 is 0. The maximum Gasteiger partial charge on any atom is 0.122 e. The number of benzene rings is 1. The predicted molar refractivity (Wildman–Crippen MR) is 98.9 cm³/mol. The van der Waals surface area contributed by atoms with Crippen LogP contribution < -0.4 is 0 Å². The van der Waals surface area contributed by atoms with E-state index >= 15 is 0 Å². The minimum Gasteiger partial charge on any atom is -0.508 e. The molecule has 0 saturated heterocycles. The van der Waals surface area contributed by atoms with E-state index in [9.17, 15) is 10.2 Å². The summed E-state index contributed by atoms with van der Waals surface area (Å²) in [4.78, 5) is 0. The van der Waals surface area contributed by atoms with Crippen molar-refractivity contribution in [2.75, 3.05) is 0 Å². The topological polar surface area (TPSA) is 40.5 Å². The van der Waals surface area contributed by atoms with Crippen LogP contribution in [0.2, 0.25) is 0 Å². The minimum absolute atomic E-state index is 0.157. The van der Waals surface area contributed by atoms with Gasteiger partial charge in [-0.15, -0.1) is 0 Å². The van der Waals surface area contributed by atoms with E-state index in [0.29, 0.717) is 12.0 Å². The van der Waals surface area contributed by atoms with Gasteiger partial charge in [0.1, 0.15) is 11.5 Å². The third-order valence-corrected chi connectivity index (χ3v) is 3.90. The molecule has 0 fully saturated rings. The molecule has 23 heavy (non-hydrogen) atoms. The lowest BCUT2D eigenvalue weighted by Crippen LogP contribution is -1.86. The summed E-state index contributed by atoms with van der Waals surface area (Å²) in [6.07, 6.45) is 11.5. The highest BCUT2D eigenvalue weighted by atomic mass is 16.3. The quantitative estimate of drug-likeness (QED) is 0.573. The number of aromatic hydroxyl groups is 2. The minimum atomic E-state index is 0.157. The molecule has 0 heterocycles. The molecule has 0 atom stereocenters. The molecule has 2 heteroatoms. The monoisotopic (exact) mass is 314 g/mol. The summed E-state index contributed by atoms with van der Waals surface area (Å²) in [6, 6.07) is 4.86. The van der Waals surface area contributed by atoms with Crippen LogP contribution in [0.25, 0.3) is 0 Å². The summed E-state index contributed by atoms with van der Waals surface area (Å²) in [7, 11) is 0. The second kappa shape index (κ2) is 9.94. The molecule has 126 valence electrons. The Morgan fingerprint density at radius 3 is 1.91 bits per heavy atom. The molecule has 0 aliphatic heterocycles. The van der Waals surface area contributed by atoms with Gasteiger partial charge in [-0.25, -0.2) is 0 Å². The highest BCUT2D eigenvalue weighted by Crippen LogP contribution is 2.27. The van der Waals surface area contributed by atoms with Gasteiger partial charge in [0.2, 0.25) is 0 Å². The van der Waals surface area contributed by atoms with Crippen LogP contribution in [0.1, 0.15) is 58.9 Å². The first kappa shape index (κ1) is 19.1. The Kier molecular flexibility index (Phi) is 8.25. The van der Waals surface area contributed by atoms with Crippen molar-refractivity contribution in [1.29, 1.82) is 0 Å². The molecule has 0 bridgehead atoms. The Labute approximate surface area is 140 Å². The third-order valence-electron chi connectivity index (χ3n) is 3.90. The van der Waals surface area contributed by atoms with Gasteiger partial charge in [0, 0.05) is 5.56 Å². The molecule has 0 amide bonds. The van der Waals surface area contributed by atoms with Crippen molar-refractivity contribution in [3.63, 3.8) is 0 Å². The number of allylic oxidation sites excluding steroid dienone is 6. The predicted octanol–water partition coefficient (Wildman–Crippen LogP) is 6.06. The van der Waals surface area contributed by atoms with E-state index < -0.39 is 0 Å². The van der Waals surface area contributed by atoms with Gasteiger partial charge in [0.15, 0.2) is 0 Å². The fourth-order valence-electron chi connectivity index (χ4n) is 2.39. The Morgan fingerprint density at radius 2 is 1.35 bits per heavy atom. The average Bonchev–Trinajstić information content (AvgIpc) is 2.46. The van der Waals surface area contributed by atoms with Crippen molar-refractivity contribution >= 4 is 0 Å². The standard InChI is InChI=1S/C21H30O2/c1-16(2)8-5-9-17(3)10-6-11-18(4)14-15-19-20(22)12-7-13-21(19)23/h7-8,10,12-14,22-23H,5-6,9,11,15H2,1-4H3. The number of hydrogen-bond donors (Lipinski definition) is 2. The number of phenolic OH excluding ortho intramolecular Hbond substituents is 2. The summed E-state index contributed by atoms with van der Waals surface area (Å²) < 4.78 is 0. The average molecular weight is 314 g/mol. The molecule has 0 aliphatic rings. The van der Waals surface area contributed by atoms with Crippen LogP contribution >= 0.6 is 0 Å². The summed E-state index contributed by atoms with van der Waals surface area (Å²) in [5.41, 5.74) is 4.69. The molecule has 0 unspecified atom stereocenters. The van der Waals surface area contributed by atoms with Gasteiger partial charge in [-0.1, -0.05) is 41.0 Å². The smallest absolute Gasteiger partial charge is 0.122 e. The first-order valence-corrected chi connectivity index (χ1v) is 8.34. The molecule has 0 spiro atoms. The Bertz CT molecular complexity index is 568. The Balaban J connectivity index is 2.44. The van der Waals surface area contributed by atoms with Gasteiger partial charge in [-0.2, -0.15) is 0 Å². The van der Waals surface area contributed by atoms with E-state index in [1.807, 2.05) is 0 Å². The van der Waals surface area contributed by atoms with Crippen molar-refractivity contribution in [2.45, 2.75) is 59.8 Å². The SMILES string of the molecule is CC(C)=CCCC(C)=CCCC(C)=CCc1c(O)cccc1O. The van der Waals surface area contributed by atoms with Crippen molar-refractivity contribution in [3.8, 4) is 11.5 Å². The van der Waals surface area contributed by atoms with Crippen LogP contribution in [0.4, 0.5) is 0 Å². The molecular weight excluding hydrogens is 284 g/mol. The summed E-state index contributed by atoms with van der Waals surface area (Å²) in [5.74, 6) is 0.313. The molecule has 2 nitrogen and oxygen atoms in total. The van der Waals surface area contributed by atoms with Gasteiger partial charge >= 0.3 is 0 Å². The van der Waals surface area contributed by atoms with Crippen LogP contribution in [0.3, 0.4) is 0 Å². The van der Waals surface area contributed by atoms with Crippen LogP contribution in [0.5, 0.6) is 11.5 Å². The zero-order chi connectivity index (χ0) is 17.2. The van der Waals surface area contributed by atoms with Gasteiger partial charge in [0.25, 0.3) is 0 Å². The molecule has 1 aromatic rings. The van der Waals surface area contributed by atoms with E-state index in [4.69, 9.17) is 0 Å².